The summed E-state index contributed by atoms with van der Waals surface area (Å²) in [4.78, 5) is 4.43. The Labute approximate surface area is 114 Å². The Bertz CT molecular complexity index is 530. The van der Waals surface area contributed by atoms with Crippen LogP contribution in [0.5, 0.6) is 0 Å². The molecule has 0 amide bonds. The molecule has 0 saturated heterocycles. The van der Waals surface area contributed by atoms with Gasteiger partial charge in [-0.1, -0.05) is 38.1 Å². The zero-order valence-corrected chi connectivity index (χ0v) is 11.7. The van der Waals surface area contributed by atoms with Gasteiger partial charge in [0.1, 0.15) is 0 Å². The number of hydrogen-bond donors (Lipinski definition) is 2. The van der Waals surface area contributed by atoms with Crippen LogP contribution >= 0.6 is 0 Å². The van der Waals surface area contributed by atoms with Crippen LogP contribution in [0.1, 0.15) is 32.3 Å². The second-order valence-electron chi connectivity index (χ2n) is 5.03. The fourth-order valence-electron chi connectivity index (χ4n) is 2.24. The lowest BCUT2D eigenvalue weighted by Gasteiger charge is -2.25. The van der Waals surface area contributed by atoms with Gasteiger partial charge >= 0.3 is 0 Å². The van der Waals surface area contributed by atoms with Gasteiger partial charge in [0.15, 0.2) is 0 Å². The number of aromatic nitrogens is 1. The van der Waals surface area contributed by atoms with Crippen molar-refractivity contribution in [3.63, 3.8) is 0 Å². The van der Waals surface area contributed by atoms with Crippen LogP contribution < -0.4 is 5.32 Å². The highest BCUT2D eigenvalue weighted by Gasteiger charge is 2.21. The summed E-state index contributed by atoms with van der Waals surface area (Å²) in [5.41, 5.74) is 1.61. The Morgan fingerprint density at radius 1 is 1.16 bits per heavy atom. The van der Waals surface area contributed by atoms with Gasteiger partial charge in [0.05, 0.1) is 11.1 Å². The van der Waals surface area contributed by atoms with E-state index in [9.17, 15) is 5.11 Å². The average molecular weight is 258 g/mol. The smallest absolute Gasteiger partial charge is 0.0766 e. The number of nitrogens with one attached hydrogen (secondary N) is 1. The van der Waals surface area contributed by atoms with Gasteiger partial charge in [-0.05, 0) is 24.5 Å². The minimum Gasteiger partial charge on any atom is -0.389 e. The maximum atomic E-state index is 10.2. The summed E-state index contributed by atoms with van der Waals surface area (Å²) in [6.45, 7) is 5.38. The lowest BCUT2D eigenvalue weighted by Crippen LogP contribution is -2.39. The first kappa shape index (κ1) is 14.0. The molecule has 3 nitrogen and oxygen atoms in total. The topological polar surface area (TPSA) is 45.1 Å². The number of aliphatic hydroxyl groups is 1. The minimum absolute atomic E-state index is 0.599. The fraction of sp³-hybridized carbons (Fsp3) is 0.438. The number of para-hydroxylation sites is 1. The van der Waals surface area contributed by atoms with Crippen LogP contribution in [-0.4, -0.2) is 22.2 Å². The van der Waals surface area contributed by atoms with Crippen molar-refractivity contribution in [3.05, 3.63) is 42.1 Å². The Balaban J connectivity index is 2.06. The molecule has 2 rings (SSSR count). The maximum absolute atomic E-state index is 10.2. The summed E-state index contributed by atoms with van der Waals surface area (Å²) in [5.74, 6) is 0. The van der Waals surface area contributed by atoms with Crippen LogP contribution in [0.25, 0.3) is 10.9 Å². The molecule has 0 aliphatic heterocycles. The second-order valence-corrected chi connectivity index (χ2v) is 5.03. The van der Waals surface area contributed by atoms with E-state index < -0.39 is 5.60 Å². The molecule has 1 aromatic carbocycles. The van der Waals surface area contributed by atoms with Crippen LogP contribution in [0.4, 0.5) is 0 Å². The van der Waals surface area contributed by atoms with Crippen LogP contribution in [-0.2, 0) is 6.54 Å². The largest absolute Gasteiger partial charge is 0.389 e. The van der Waals surface area contributed by atoms with Gasteiger partial charge in [-0.25, -0.2) is 0 Å². The van der Waals surface area contributed by atoms with Crippen molar-refractivity contribution in [1.82, 2.24) is 10.3 Å². The lowest BCUT2D eigenvalue weighted by molar-refractivity contribution is 0.0323. The highest BCUT2D eigenvalue weighted by atomic mass is 16.3. The first-order valence-electron chi connectivity index (χ1n) is 6.94. The molecule has 0 bridgehead atoms. The van der Waals surface area contributed by atoms with Crippen molar-refractivity contribution in [2.75, 3.05) is 6.54 Å². The summed E-state index contributed by atoms with van der Waals surface area (Å²) in [5, 5.41) is 14.7. The van der Waals surface area contributed by atoms with E-state index in [0.29, 0.717) is 6.54 Å². The van der Waals surface area contributed by atoms with Gasteiger partial charge in [-0.15, -0.1) is 0 Å². The monoisotopic (exact) mass is 258 g/mol. The highest BCUT2D eigenvalue weighted by Crippen LogP contribution is 2.17. The Morgan fingerprint density at radius 3 is 2.63 bits per heavy atom. The maximum Gasteiger partial charge on any atom is 0.0766 e. The molecule has 3 heteroatoms. The number of pyridine rings is 1. The lowest BCUT2D eigenvalue weighted by atomic mass is 9.97. The molecule has 2 N–H and O–H groups in total. The van der Waals surface area contributed by atoms with Crippen LogP contribution in [0.15, 0.2) is 36.5 Å². The molecule has 0 spiro atoms. The number of rotatable bonds is 6. The van der Waals surface area contributed by atoms with Crippen molar-refractivity contribution in [3.8, 4) is 0 Å². The predicted octanol–water partition coefficient (Wildman–Crippen LogP) is 2.88. The van der Waals surface area contributed by atoms with E-state index in [1.807, 2.05) is 32.2 Å². The van der Waals surface area contributed by atoms with Gasteiger partial charge < -0.3 is 10.4 Å². The Kier molecular flexibility index (Phi) is 4.51. The van der Waals surface area contributed by atoms with Gasteiger partial charge in [0.2, 0.25) is 0 Å². The molecule has 1 aromatic heterocycles. The van der Waals surface area contributed by atoms with Crippen molar-refractivity contribution in [1.29, 1.82) is 0 Å². The Hall–Kier alpha value is -1.45. The number of nitrogens with zero attached hydrogens (tertiary/aromatic N) is 1. The minimum atomic E-state index is -0.599. The molecular formula is C16H22N2O. The second kappa shape index (κ2) is 6.13. The zero-order chi connectivity index (χ0) is 13.7. The van der Waals surface area contributed by atoms with E-state index in [-0.39, 0.29) is 0 Å². The van der Waals surface area contributed by atoms with Crippen molar-refractivity contribution in [2.24, 2.45) is 0 Å². The number of benzene rings is 1. The van der Waals surface area contributed by atoms with Crippen molar-refractivity contribution < 1.29 is 5.11 Å². The van der Waals surface area contributed by atoms with E-state index in [2.05, 4.69) is 28.5 Å². The summed E-state index contributed by atoms with van der Waals surface area (Å²) in [6, 6.07) is 10.2. The fourth-order valence-corrected chi connectivity index (χ4v) is 2.24. The third kappa shape index (κ3) is 3.31. The normalized spacial score (nSPS) is 11.9. The molecule has 19 heavy (non-hydrogen) atoms. The average Bonchev–Trinajstić information content (AvgIpc) is 2.47. The molecule has 0 aliphatic rings. The van der Waals surface area contributed by atoms with Gasteiger partial charge in [0.25, 0.3) is 0 Å². The third-order valence-electron chi connectivity index (χ3n) is 3.80. The van der Waals surface area contributed by atoms with Crippen molar-refractivity contribution in [2.45, 2.75) is 38.8 Å². The Morgan fingerprint density at radius 2 is 1.89 bits per heavy atom. The molecular weight excluding hydrogens is 236 g/mol. The first-order valence-corrected chi connectivity index (χ1v) is 6.94. The van der Waals surface area contributed by atoms with Crippen LogP contribution in [0.3, 0.4) is 0 Å². The zero-order valence-electron chi connectivity index (χ0n) is 11.7. The number of fused-ring (bicyclic) bond motifs is 1. The molecule has 0 fully saturated rings. The standard InChI is InChI=1S/C16H22N2O/c1-3-16(19,4-2)12-17-11-14-8-5-7-13-9-6-10-18-15(13)14/h5-10,17,19H,3-4,11-12H2,1-2H3. The predicted molar refractivity (Wildman–Crippen MR) is 79.0 cm³/mol. The first-order chi connectivity index (χ1) is 9.18. The number of hydrogen-bond acceptors (Lipinski definition) is 3. The van der Waals surface area contributed by atoms with Crippen molar-refractivity contribution >= 4 is 10.9 Å². The summed E-state index contributed by atoms with van der Waals surface area (Å²) in [7, 11) is 0. The molecule has 0 saturated carbocycles. The third-order valence-corrected chi connectivity index (χ3v) is 3.80. The SMILES string of the molecule is CCC(O)(CC)CNCc1cccc2cccnc12. The summed E-state index contributed by atoms with van der Waals surface area (Å²) < 4.78 is 0. The summed E-state index contributed by atoms with van der Waals surface area (Å²) in [6.07, 6.45) is 3.36. The molecule has 0 atom stereocenters. The van der Waals surface area contributed by atoms with Gasteiger partial charge in [0, 0.05) is 24.7 Å². The van der Waals surface area contributed by atoms with Gasteiger partial charge in [-0.3, -0.25) is 4.98 Å². The molecule has 0 aliphatic carbocycles. The summed E-state index contributed by atoms with van der Waals surface area (Å²) >= 11 is 0. The molecule has 0 radical (unpaired) electrons. The quantitative estimate of drug-likeness (QED) is 0.837. The molecule has 1 heterocycles. The van der Waals surface area contributed by atoms with Crippen LogP contribution in [0.2, 0.25) is 0 Å². The molecule has 0 unspecified atom stereocenters. The van der Waals surface area contributed by atoms with Gasteiger partial charge in [-0.2, -0.15) is 0 Å². The van der Waals surface area contributed by atoms with E-state index >= 15 is 0 Å². The van der Waals surface area contributed by atoms with E-state index in [1.165, 1.54) is 5.56 Å². The molecule has 2 aromatic rings. The van der Waals surface area contributed by atoms with E-state index in [1.54, 1.807) is 0 Å². The van der Waals surface area contributed by atoms with Crippen LogP contribution in [0, 0.1) is 0 Å². The highest BCUT2D eigenvalue weighted by molar-refractivity contribution is 5.81. The van der Waals surface area contributed by atoms with E-state index in [4.69, 9.17) is 0 Å². The van der Waals surface area contributed by atoms with E-state index in [0.717, 1.165) is 30.3 Å². The molecule has 102 valence electrons.